The number of nitrogens with zero attached hydrogens (tertiary/aromatic N) is 1. The highest BCUT2D eigenvalue weighted by Gasteiger charge is 2.25. The van der Waals surface area contributed by atoms with Crippen molar-refractivity contribution in [2.45, 2.75) is 19.1 Å². The molecule has 1 atom stereocenters. The third kappa shape index (κ3) is 2.72. The summed E-state index contributed by atoms with van der Waals surface area (Å²) in [7, 11) is 0.131. The maximum absolute atomic E-state index is 12.2. The molecule has 1 aromatic carbocycles. The van der Waals surface area contributed by atoms with Crippen molar-refractivity contribution in [2.24, 2.45) is 0 Å². The molecule has 96 valence electrons. The second-order valence-corrected chi connectivity index (χ2v) is 4.38. The standard InChI is InChI=1S/C12H16BNO4/c1-14(11-6-3-7-18-11)12(15)9-4-2-5-10(8-9)13(16)17/h2,4-5,8,11,16-17H,3,6-7H2,1H3. The Bertz CT molecular complexity index is 432. The number of hydrogen-bond donors (Lipinski definition) is 2. The SMILES string of the molecule is CN(C(=O)c1cccc(B(O)O)c1)C1CCCO1. The summed E-state index contributed by atoms with van der Waals surface area (Å²) in [6, 6.07) is 6.33. The first kappa shape index (κ1) is 13.1. The molecule has 1 unspecified atom stereocenters. The van der Waals surface area contributed by atoms with Gasteiger partial charge in [-0.3, -0.25) is 4.79 Å². The van der Waals surface area contributed by atoms with E-state index in [1.54, 1.807) is 30.1 Å². The van der Waals surface area contributed by atoms with E-state index in [0.717, 1.165) is 12.8 Å². The molecule has 18 heavy (non-hydrogen) atoms. The Labute approximate surface area is 106 Å². The maximum atomic E-state index is 12.2. The first-order valence-electron chi connectivity index (χ1n) is 5.94. The molecule has 0 bridgehead atoms. The summed E-state index contributed by atoms with van der Waals surface area (Å²) < 4.78 is 5.44. The van der Waals surface area contributed by atoms with Gasteiger partial charge >= 0.3 is 7.12 Å². The fourth-order valence-corrected chi connectivity index (χ4v) is 2.03. The molecule has 0 radical (unpaired) electrons. The molecular weight excluding hydrogens is 233 g/mol. The van der Waals surface area contributed by atoms with Gasteiger partial charge in [-0.25, -0.2) is 0 Å². The highest BCUT2D eigenvalue weighted by Crippen LogP contribution is 2.17. The Morgan fingerprint density at radius 3 is 2.89 bits per heavy atom. The van der Waals surface area contributed by atoms with Gasteiger partial charge in [-0.1, -0.05) is 12.1 Å². The van der Waals surface area contributed by atoms with Crippen molar-refractivity contribution in [1.82, 2.24) is 4.90 Å². The summed E-state index contributed by atoms with van der Waals surface area (Å²) in [5, 5.41) is 18.2. The fraction of sp³-hybridized carbons (Fsp3) is 0.417. The summed E-state index contributed by atoms with van der Waals surface area (Å²) in [6.45, 7) is 0.678. The Balaban J connectivity index is 2.14. The molecule has 6 heteroatoms. The van der Waals surface area contributed by atoms with Gasteiger partial charge in [0.25, 0.3) is 5.91 Å². The van der Waals surface area contributed by atoms with Crippen molar-refractivity contribution in [2.75, 3.05) is 13.7 Å². The van der Waals surface area contributed by atoms with Gasteiger partial charge < -0.3 is 19.7 Å². The number of carbonyl (C=O) groups is 1. The minimum Gasteiger partial charge on any atom is -0.423 e. The minimum atomic E-state index is -1.56. The molecule has 1 fully saturated rings. The van der Waals surface area contributed by atoms with Gasteiger partial charge in [0, 0.05) is 19.2 Å². The first-order chi connectivity index (χ1) is 8.59. The predicted octanol–water partition coefficient (Wildman–Crippen LogP) is -0.425. The van der Waals surface area contributed by atoms with Crippen LogP contribution in [-0.2, 0) is 4.74 Å². The van der Waals surface area contributed by atoms with Crippen molar-refractivity contribution in [3.05, 3.63) is 29.8 Å². The van der Waals surface area contributed by atoms with Crippen LogP contribution >= 0.6 is 0 Å². The van der Waals surface area contributed by atoms with Crippen LogP contribution in [0.15, 0.2) is 24.3 Å². The molecule has 1 aliphatic rings. The third-order valence-corrected chi connectivity index (χ3v) is 3.09. The molecule has 2 N–H and O–H groups in total. The van der Waals surface area contributed by atoms with Gasteiger partial charge in [0.1, 0.15) is 6.23 Å². The molecule has 0 saturated carbocycles. The van der Waals surface area contributed by atoms with E-state index in [0.29, 0.717) is 17.6 Å². The van der Waals surface area contributed by atoms with Crippen molar-refractivity contribution < 1.29 is 19.6 Å². The minimum absolute atomic E-state index is 0.176. The molecule has 0 spiro atoms. The van der Waals surface area contributed by atoms with E-state index in [4.69, 9.17) is 14.8 Å². The molecule has 1 amide bonds. The van der Waals surface area contributed by atoms with Gasteiger partial charge in [-0.05, 0) is 30.4 Å². The normalized spacial score (nSPS) is 18.7. The number of hydrogen-bond acceptors (Lipinski definition) is 4. The largest absolute Gasteiger partial charge is 0.488 e. The van der Waals surface area contributed by atoms with Crippen LogP contribution in [0.1, 0.15) is 23.2 Å². The average Bonchev–Trinajstić information content (AvgIpc) is 2.91. The van der Waals surface area contributed by atoms with Crippen LogP contribution in [0.4, 0.5) is 0 Å². The molecule has 0 aliphatic carbocycles. The Morgan fingerprint density at radius 1 is 1.50 bits per heavy atom. The van der Waals surface area contributed by atoms with Crippen molar-refractivity contribution in [3.8, 4) is 0 Å². The van der Waals surface area contributed by atoms with Gasteiger partial charge in [0.05, 0.1) is 0 Å². The summed E-state index contributed by atoms with van der Waals surface area (Å²) in [5.41, 5.74) is 0.736. The van der Waals surface area contributed by atoms with Crippen molar-refractivity contribution in [3.63, 3.8) is 0 Å². The van der Waals surface area contributed by atoms with Crippen molar-refractivity contribution in [1.29, 1.82) is 0 Å². The van der Waals surface area contributed by atoms with E-state index in [1.165, 1.54) is 6.07 Å². The van der Waals surface area contributed by atoms with Crippen LogP contribution in [-0.4, -0.2) is 47.9 Å². The van der Waals surface area contributed by atoms with E-state index in [9.17, 15) is 4.79 Å². The maximum Gasteiger partial charge on any atom is 0.488 e. The topological polar surface area (TPSA) is 70.0 Å². The van der Waals surface area contributed by atoms with Gasteiger partial charge in [0.2, 0.25) is 0 Å². The number of amides is 1. The molecule has 1 heterocycles. The van der Waals surface area contributed by atoms with Crippen LogP contribution in [0.2, 0.25) is 0 Å². The molecule has 1 aliphatic heterocycles. The second kappa shape index (κ2) is 5.52. The van der Waals surface area contributed by atoms with Crippen LogP contribution in [0.3, 0.4) is 0 Å². The summed E-state index contributed by atoms with van der Waals surface area (Å²) in [4.78, 5) is 13.7. The lowest BCUT2D eigenvalue weighted by atomic mass is 9.79. The van der Waals surface area contributed by atoms with E-state index in [-0.39, 0.29) is 12.1 Å². The van der Waals surface area contributed by atoms with E-state index < -0.39 is 7.12 Å². The number of ether oxygens (including phenoxy) is 1. The van der Waals surface area contributed by atoms with E-state index in [1.807, 2.05) is 0 Å². The zero-order valence-electron chi connectivity index (χ0n) is 10.2. The van der Waals surface area contributed by atoms with Crippen LogP contribution in [0, 0.1) is 0 Å². The zero-order valence-corrected chi connectivity index (χ0v) is 10.2. The Kier molecular flexibility index (Phi) is 4.01. The lowest BCUT2D eigenvalue weighted by molar-refractivity contribution is 0.000884. The van der Waals surface area contributed by atoms with Crippen LogP contribution in [0.5, 0.6) is 0 Å². The zero-order chi connectivity index (χ0) is 13.1. The molecule has 2 rings (SSSR count). The lowest BCUT2D eigenvalue weighted by Gasteiger charge is -2.23. The average molecular weight is 249 g/mol. The molecular formula is C12H16BNO4. The lowest BCUT2D eigenvalue weighted by Crippen LogP contribution is -2.37. The Morgan fingerprint density at radius 2 is 2.28 bits per heavy atom. The quantitative estimate of drug-likeness (QED) is 0.713. The van der Waals surface area contributed by atoms with Crippen molar-refractivity contribution >= 4 is 18.5 Å². The van der Waals surface area contributed by atoms with Gasteiger partial charge in [0.15, 0.2) is 0 Å². The number of benzene rings is 1. The molecule has 1 saturated heterocycles. The first-order valence-corrected chi connectivity index (χ1v) is 5.94. The Hall–Kier alpha value is -1.37. The monoisotopic (exact) mass is 249 g/mol. The number of carbonyl (C=O) groups excluding carboxylic acids is 1. The van der Waals surface area contributed by atoms with Gasteiger partial charge in [-0.2, -0.15) is 0 Å². The summed E-state index contributed by atoms with van der Waals surface area (Å²) in [5.74, 6) is -0.176. The van der Waals surface area contributed by atoms with Crippen LogP contribution in [0.25, 0.3) is 0 Å². The highest BCUT2D eigenvalue weighted by atomic mass is 16.5. The molecule has 5 nitrogen and oxygen atoms in total. The number of rotatable bonds is 3. The summed E-state index contributed by atoms with van der Waals surface area (Å²) >= 11 is 0. The molecule has 1 aromatic rings. The predicted molar refractivity (Wildman–Crippen MR) is 67.3 cm³/mol. The fourth-order valence-electron chi connectivity index (χ4n) is 2.03. The smallest absolute Gasteiger partial charge is 0.423 e. The highest BCUT2D eigenvalue weighted by molar-refractivity contribution is 6.58. The van der Waals surface area contributed by atoms with E-state index >= 15 is 0 Å². The molecule has 0 aromatic heterocycles. The van der Waals surface area contributed by atoms with E-state index in [2.05, 4.69) is 0 Å². The second-order valence-electron chi connectivity index (χ2n) is 4.38. The summed E-state index contributed by atoms with van der Waals surface area (Å²) in [6.07, 6.45) is 1.61. The van der Waals surface area contributed by atoms with Gasteiger partial charge in [-0.15, -0.1) is 0 Å². The third-order valence-electron chi connectivity index (χ3n) is 3.09. The van der Waals surface area contributed by atoms with Crippen LogP contribution < -0.4 is 5.46 Å².